The summed E-state index contributed by atoms with van der Waals surface area (Å²) >= 11 is 0. The quantitative estimate of drug-likeness (QED) is 0.767. The summed E-state index contributed by atoms with van der Waals surface area (Å²) in [5.41, 5.74) is 1.03. The molecular formula is C23H34N4O2. The molecule has 1 aliphatic carbocycles. The van der Waals surface area contributed by atoms with Gasteiger partial charge in [0.15, 0.2) is 0 Å². The molecule has 2 amide bonds. The van der Waals surface area contributed by atoms with Gasteiger partial charge in [-0.15, -0.1) is 0 Å². The Labute approximate surface area is 174 Å². The summed E-state index contributed by atoms with van der Waals surface area (Å²) in [6.45, 7) is 4.22. The Morgan fingerprint density at radius 3 is 2.66 bits per heavy atom. The Kier molecular flexibility index (Phi) is 6.80. The summed E-state index contributed by atoms with van der Waals surface area (Å²) in [6.07, 6.45) is 12.1. The number of carbonyl (C=O) groups excluding carboxylic acids is 2. The zero-order valence-corrected chi connectivity index (χ0v) is 17.4. The topological polar surface area (TPSA) is 65.5 Å². The van der Waals surface area contributed by atoms with Gasteiger partial charge >= 0.3 is 0 Å². The van der Waals surface area contributed by atoms with Crippen molar-refractivity contribution in [2.45, 2.75) is 64.0 Å². The molecule has 0 spiro atoms. The molecule has 29 heavy (non-hydrogen) atoms. The van der Waals surface area contributed by atoms with Crippen LogP contribution in [0.1, 0.15) is 56.9 Å². The van der Waals surface area contributed by atoms with Gasteiger partial charge in [-0.3, -0.25) is 19.5 Å². The fourth-order valence-corrected chi connectivity index (χ4v) is 4.76. The van der Waals surface area contributed by atoms with E-state index in [9.17, 15) is 9.59 Å². The molecule has 0 radical (unpaired) electrons. The predicted molar refractivity (Wildman–Crippen MR) is 112 cm³/mol. The molecule has 2 aliphatic heterocycles. The summed E-state index contributed by atoms with van der Waals surface area (Å²) in [5, 5.41) is 3.08. The number of amides is 2. The molecule has 1 N–H and O–H groups in total. The second-order valence-corrected chi connectivity index (χ2v) is 9.01. The number of likely N-dealkylation sites (tertiary alicyclic amines) is 2. The summed E-state index contributed by atoms with van der Waals surface area (Å²) in [5.74, 6) is 1.40. The van der Waals surface area contributed by atoms with Crippen LogP contribution in [0.15, 0.2) is 24.5 Å². The highest BCUT2D eigenvalue weighted by Gasteiger charge is 2.32. The van der Waals surface area contributed by atoms with Crippen molar-refractivity contribution in [1.82, 2.24) is 20.1 Å². The maximum absolute atomic E-state index is 12.7. The maximum atomic E-state index is 12.7. The van der Waals surface area contributed by atoms with Crippen LogP contribution < -0.4 is 5.32 Å². The minimum absolute atomic E-state index is 0.0682. The SMILES string of the molecule is O=C(NCc1cccnc1)[C@@H]1CCCN(C2CCN(C(=O)CCC3CC3)CC2)C1. The van der Waals surface area contributed by atoms with Crippen molar-refractivity contribution in [2.24, 2.45) is 11.8 Å². The highest BCUT2D eigenvalue weighted by atomic mass is 16.2. The van der Waals surface area contributed by atoms with Gasteiger partial charge in [0.1, 0.15) is 0 Å². The predicted octanol–water partition coefficient (Wildman–Crippen LogP) is 2.59. The van der Waals surface area contributed by atoms with Gasteiger partial charge < -0.3 is 10.2 Å². The molecule has 1 aromatic rings. The lowest BCUT2D eigenvalue weighted by atomic mass is 9.93. The van der Waals surface area contributed by atoms with Gasteiger partial charge in [-0.05, 0) is 56.2 Å². The Morgan fingerprint density at radius 2 is 1.93 bits per heavy atom. The lowest BCUT2D eigenvalue weighted by molar-refractivity contribution is -0.133. The first kappa shape index (κ1) is 20.3. The first-order chi connectivity index (χ1) is 14.2. The molecule has 2 saturated heterocycles. The van der Waals surface area contributed by atoms with E-state index in [-0.39, 0.29) is 11.8 Å². The number of hydrogen-bond donors (Lipinski definition) is 1. The number of aromatic nitrogens is 1. The standard InChI is InChI=1S/C23H34N4O2/c28-22(8-7-18-5-6-18)26-13-9-21(10-14-26)27-12-2-4-20(17-27)23(29)25-16-19-3-1-11-24-15-19/h1,3,11,15,18,20-21H,2,4-10,12-14,16-17H2,(H,25,29)/t20-/m1/s1. The minimum Gasteiger partial charge on any atom is -0.352 e. The molecule has 158 valence electrons. The molecule has 6 heteroatoms. The monoisotopic (exact) mass is 398 g/mol. The summed E-state index contributed by atoms with van der Waals surface area (Å²) in [4.78, 5) is 33.7. The van der Waals surface area contributed by atoms with Crippen LogP contribution in [0.2, 0.25) is 0 Å². The molecule has 3 aliphatic rings. The average molecular weight is 399 g/mol. The number of rotatable bonds is 7. The van der Waals surface area contributed by atoms with Crippen LogP contribution in [-0.4, -0.2) is 58.8 Å². The third-order valence-electron chi connectivity index (χ3n) is 6.81. The van der Waals surface area contributed by atoms with E-state index >= 15 is 0 Å². The summed E-state index contributed by atoms with van der Waals surface area (Å²) < 4.78 is 0. The lowest BCUT2D eigenvalue weighted by Crippen LogP contribution is -2.51. The summed E-state index contributed by atoms with van der Waals surface area (Å²) in [7, 11) is 0. The van der Waals surface area contributed by atoms with Crippen molar-refractivity contribution < 1.29 is 9.59 Å². The highest BCUT2D eigenvalue weighted by Crippen LogP contribution is 2.34. The molecule has 1 saturated carbocycles. The molecule has 6 nitrogen and oxygen atoms in total. The molecule has 3 fully saturated rings. The molecule has 4 rings (SSSR count). The number of piperidine rings is 2. The van der Waals surface area contributed by atoms with Crippen molar-refractivity contribution in [3.63, 3.8) is 0 Å². The van der Waals surface area contributed by atoms with Crippen molar-refractivity contribution in [1.29, 1.82) is 0 Å². The minimum atomic E-state index is 0.0682. The van der Waals surface area contributed by atoms with E-state index in [2.05, 4.69) is 20.1 Å². The second-order valence-electron chi connectivity index (χ2n) is 9.01. The smallest absolute Gasteiger partial charge is 0.224 e. The van der Waals surface area contributed by atoms with Gasteiger partial charge in [-0.25, -0.2) is 0 Å². The number of nitrogens with one attached hydrogen (secondary N) is 1. The Morgan fingerprint density at radius 1 is 1.10 bits per heavy atom. The molecule has 1 aromatic heterocycles. The Balaban J connectivity index is 1.20. The first-order valence-electron chi connectivity index (χ1n) is 11.4. The van der Waals surface area contributed by atoms with Crippen LogP contribution in [0.25, 0.3) is 0 Å². The van der Waals surface area contributed by atoms with Crippen molar-refractivity contribution in [2.75, 3.05) is 26.2 Å². The number of nitrogens with zero attached hydrogens (tertiary/aromatic N) is 3. The second kappa shape index (κ2) is 9.70. The third-order valence-corrected chi connectivity index (χ3v) is 6.81. The Bertz CT molecular complexity index is 683. The molecule has 0 aromatic carbocycles. The Hall–Kier alpha value is -1.95. The van der Waals surface area contributed by atoms with Crippen molar-refractivity contribution in [3.8, 4) is 0 Å². The molecule has 1 atom stereocenters. The molecule has 0 unspecified atom stereocenters. The molecular weight excluding hydrogens is 364 g/mol. The van der Waals surface area contributed by atoms with Crippen molar-refractivity contribution in [3.05, 3.63) is 30.1 Å². The molecule has 3 heterocycles. The van der Waals surface area contributed by atoms with Gasteiger partial charge in [0.05, 0.1) is 5.92 Å². The lowest BCUT2D eigenvalue weighted by Gasteiger charge is -2.42. The van der Waals surface area contributed by atoms with Crippen LogP contribution >= 0.6 is 0 Å². The first-order valence-corrected chi connectivity index (χ1v) is 11.4. The third kappa shape index (κ3) is 5.78. The number of pyridine rings is 1. The fourth-order valence-electron chi connectivity index (χ4n) is 4.76. The van der Waals surface area contributed by atoms with Crippen molar-refractivity contribution >= 4 is 11.8 Å². The van der Waals surface area contributed by atoms with Crippen LogP contribution in [0.3, 0.4) is 0 Å². The number of carbonyl (C=O) groups is 2. The van der Waals surface area contributed by atoms with E-state index in [4.69, 9.17) is 0 Å². The average Bonchev–Trinajstić information content (AvgIpc) is 3.61. The zero-order valence-electron chi connectivity index (χ0n) is 17.4. The normalized spacial score (nSPS) is 23.7. The van der Waals surface area contributed by atoms with E-state index in [1.165, 1.54) is 12.8 Å². The van der Waals surface area contributed by atoms with Crippen LogP contribution in [-0.2, 0) is 16.1 Å². The number of hydrogen-bond acceptors (Lipinski definition) is 4. The van der Waals surface area contributed by atoms with Crippen LogP contribution in [0.5, 0.6) is 0 Å². The van der Waals surface area contributed by atoms with Gasteiger partial charge in [-0.2, -0.15) is 0 Å². The summed E-state index contributed by atoms with van der Waals surface area (Å²) in [6, 6.07) is 4.39. The van der Waals surface area contributed by atoms with E-state index in [0.29, 0.717) is 18.5 Å². The van der Waals surface area contributed by atoms with E-state index in [1.807, 2.05) is 12.1 Å². The van der Waals surface area contributed by atoms with Gasteiger partial charge in [-0.1, -0.05) is 18.9 Å². The molecule has 0 bridgehead atoms. The highest BCUT2D eigenvalue weighted by molar-refractivity contribution is 5.79. The largest absolute Gasteiger partial charge is 0.352 e. The van der Waals surface area contributed by atoms with Gasteiger partial charge in [0.2, 0.25) is 11.8 Å². The zero-order chi connectivity index (χ0) is 20.1. The van der Waals surface area contributed by atoms with Crippen LogP contribution in [0.4, 0.5) is 0 Å². The maximum Gasteiger partial charge on any atom is 0.224 e. The van der Waals surface area contributed by atoms with E-state index in [1.54, 1.807) is 12.4 Å². The fraction of sp³-hybridized carbons (Fsp3) is 0.696. The van der Waals surface area contributed by atoms with Gasteiger partial charge in [0, 0.05) is 51.0 Å². The van der Waals surface area contributed by atoms with E-state index < -0.39 is 0 Å². The van der Waals surface area contributed by atoms with E-state index in [0.717, 1.165) is 76.2 Å². The van der Waals surface area contributed by atoms with Gasteiger partial charge in [0.25, 0.3) is 0 Å². The van der Waals surface area contributed by atoms with Crippen LogP contribution in [0, 0.1) is 11.8 Å².